The van der Waals surface area contributed by atoms with Gasteiger partial charge in [0.05, 0.1) is 32.0 Å². The van der Waals surface area contributed by atoms with Gasteiger partial charge in [0, 0.05) is 17.7 Å². The normalized spacial score (nSPS) is 22.9. The smallest absolute Gasteiger partial charge is 0.251 e. The van der Waals surface area contributed by atoms with Crippen LogP contribution in [0.1, 0.15) is 81.9 Å². The second-order valence-electron chi connectivity index (χ2n) is 9.49. The summed E-state index contributed by atoms with van der Waals surface area (Å²) in [5.41, 5.74) is 5.90. The third kappa shape index (κ3) is 4.78. The minimum atomic E-state index is -0.569. The SMILES string of the molecule is COc1cccc(C2CC(c3ccnc(CNC(=O)c4ccc5c(c4)C(C)COC5C#N)c3)C2)c1. The van der Waals surface area contributed by atoms with Crippen molar-refractivity contribution in [3.8, 4) is 11.8 Å². The van der Waals surface area contributed by atoms with Gasteiger partial charge in [0.25, 0.3) is 5.91 Å². The Kier molecular flexibility index (Phi) is 6.52. The van der Waals surface area contributed by atoms with Gasteiger partial charge in [0.2, 0.25) is 0 Å². The summed E-state index contributed by atoms with van der Waals surface area (Å²) in [6.07, 6.45) is 3.46. The quantitative estimate of drug-likeness (QED) is 0.526. The van der Waals surface area contributed by atoms with E-state index >= 15 is 0 Å². The van der Waals surface area contributed by atoms with Crippen LogP contribution in [-0.2, 0) is 11.3 Å². The number of fused-ring (bicyclic) bond motifs is 1. The summed E-state index contributed by atoms with van der Waals surface area (Å²) in [7, 11) is 1.70. The summed E-state index contributed by atoms with van der Waals surface area (Å²) in [5, 5.41) is 12.3. The zero-order valence-electron chi connectivity index (χ0n) is 20.0. The van der Waals surface area contributed by atoms with E-state index in [0.29, 0.717) is 30.6 Å². The van der Waals surface area contributed by atoms with Gasteiger partial charge >= 0.3 is 0 Å². The van der Waals surface area contributed by atoms with Crippen molar-refractivity contribution in [2.24, 2.45) is 0 Å². The van der Waals surface area contributed by atoms with Crippen molar-refractivity contribution >= 4 is 5.91 Å². The lowest BCUT2D eigenvalue weighted by atomic mass is 9.68. The molecule has 1 amide bonds. The Labute approximate surface area is 205 Å². The second kappa shape index (κ2) is 9.89. The topological polar surface area (TPSA) is 84.2 Å². The number of ether oxygens (including phenoxy) is 2. The highest BCUT2D eigenvalue weighted by atomic mass is 16.5. The first kappa shape index (κ1) is 23.1. The maximum Gasteiger partial charge on any atom is 0.251 e. The molecule has 0 spiro atoms. The van der Waals surface area contributed by atoms with Crippen molar-refractivity contribution in [1.29, 1.82) is 5.26 Å². The molecule has 0 radical (unpaired) electrons. The number of amides is 1. The summed E-state index contributed by atoms with van der Waals surface area (Å²) >= 11 is 0. The number of benzene rings is 2. The van der Waals surface area contributed by atoms with E-state index in [1.54, 1.807) is 13.2 Å². The number of aromatic nitrogens is 1. The molecule has 0 bridgehead atoms. The maximum atomic E-state index is 12.9. The van der Waals surface area contributed by atoms with Crippen LogP contribution in [-0.4, -0.2) is 24.6 Å². The molecule has 1 aromatic heterocycles. The number of pyridine rings is 1. The molecule has 6 heteroatoms. The molecule has 178 valence electrons. The largest absolute Gasteiger partial charge is 0.497 e. The molecule has 6 nitrogen and oxygen atoms in total. The highest BCUT2D eigenvalue weighted by Crippen LogP contribution is 2.48. The minimum Gasteiger partial charge on any atom is -0.497 e. The predicted molar refractivity (Wildman–Crippen MR) is 132 cm³/mol. The Bertz CT molecular complexity index is 1280. The molecule has 2 unspecified atom stereocenters. The van der Waals surface area contributed by atoms with Crippen LogP contribution in [0, 0.1) is 11.3 Å². The van der Waals surface area contributed by atoms with Gasteiger partial charge in [-0.15, -0.1) is 0 Å². The van der Waals surface area contributed by atoms with Crippen LogP contribution in [0.25, 0.3) is 0 Å². The average molecular weight is 468 g/mol. The van der Waals surface area contributed by atoms with Crippen molar-refractivity contribution in [2.75, 3.05) is 13.7 Å². The molecule has 35 heavy (non-hydrogen) atoms. The van der Waals surface area contributed by atoms with Crippen molar-refractivity contribution in [3.05, 3.63) is 94.3 Å². The van der Waals surface area contributed by atoms with E-state index in [1.807, 2.05) is 37.4 Å². The monoisotopic (exact) mass is 467 g/mol. The van der Waals surface area contributed by atoms with Crippen molar-refractivity contribution in [2.45, 2.75) is 50.2 Å². The molecule has 0 saturated heterocycles. The molecule has 1 aliphatic heterocycles. The zero-order valence-corrected chi connectivity index (χ0v) is 20.0. The van der Waals surface area contributed by atoms with Crippen LogP contribution in [0.3, 0.4) is 0 Å². The van der Waals surface area contributed by atoms with Gasteiger partial charge in [0.1, 0.15) is 5.75 Å². The molecular weight excluding hydrogens is 438 g/mol. The molecule has 2 atom stereocenters. The lowest BCUT2D eigenvalue weighted by Crippen LogP contribution is -2.25. The molecular formula is C29H29N3O3. The molecule has 2 aliphatic rings. The summed E-state index contributed by atoms with van der Waals surface area (Å²) in [6.45, 7) is 2.89. The van der Waals surface area contributed by atoms with Gasteiger partial charge in [-0.3, -0.25) is 9.78 Å². The van der Waals surface area contributed by atoms with Crippen LogP contribution < -0.4 is 10.1 Å². The Balaban J connectivity index is 1.20. The van der Waals surface area contributed by atoms with Gasteiger partial charge in [0.15, 0.2) is 6.10 Å². The third-order valence-electron chi connectivity index (χ3n) is 7.24. The van der Waals surface area contributed by atoms with Gasteiger partial charge in [-0.1, -0.05) is 25.1 Å². The molecule has 3 aromatic rings. The number of nitriles is 1. The van der Waals surface area contributed by atoms with E-state index in [4.69, 9.17) is 9.47 Å². The number of hydrogen-bond donors (Lipinski definition) is 1. The van der Waals surface area contributed by atoms with Gasteiger partial charge in [-0.05, 0) is 83.3 Å². The van der Waals surface area contributed by atoms with Crippen LogP contribution in [0.4, 0.5) is 0 Å². The summed E-state index contributed by atoms with van der Waals surface area (Å²) in [4.78, 5) is 17.3. The highest BCUT2D eigenvalue weighted by molar-refractivity contribution is 5.94. The second-order valence-corrected chi connectivity index (χ2v) is 9.49. The average Bonchev–Trinajstić information content (AvgIpc) is 2.87. The fourth-order valence-electron chi connectivity index (χ4n) is 5.09. The number of hydrogen-bond acceptors (Lipinski definition) is 5. The third-order valence-corrected chi connectivity index (χ3v) is 7.24. The lowest BCUT2D eigenvalue weighted by Gasteiger charge is -2.36. The molecule has 2 aromatic carbocycles. The van der Waals surface area contributed by atoms with Gasteiger partial charge in [-0.2, -0.15) is 5.26 Å². The van der Waals surface area contributed by atoms with E-state index in [9.17, 15) is 10.1 Å². The molecule has 2 heterocycles. The first-order chi connectivity index (χ1) is 17.1. The number of carbonyl (C=O) groups is 1. The Morgan fingerprint density at radius 1 is 1.11 bits per heavy atom. The molecule has 1 fully saturated rings. The molecule has 5 rings (SSSR count). The van der Waals surface area contributed by atoms with E-state index in [2.05, 4.69) is 40.6 Å². The van der Waals surface area contributed by atoms with E-state index < -0.39 is 6.10 Å². The number of rotatable bonds is 6. The van der Waals surface area contributed by atoms with E-state index in [-0.39, 0.29) is 11.8 Å². The fraction of sp³-hybridized carbons (Fsp3) is 0.345. The van der Waals surface area contributed by atoms with Crippen molar-refractivity contribution < 1.29 is 14.3 Å². The van der Waals surface area contributed by atoms with Crippen LogP contribution >= 0.6 is 0 Å². The van der Waals surface area contributed by atoms with Crippen LogP contribution in [0.15, 0.2) is 60.8 Å². The first-order valence-electron chi connectivity index (χ1n) is 12.1. The van der Waals surface area contributed by atoms with E-state index in [1.165, 1.54) is 11.1 Å². The first-order valence-corrected chi connectivity index (χ1v) is 12.1. The Hall–Kier alpha value is -3.69. The number of methoxy groups -OCH3 is 1. The predicted octanol–water partition coefficient (Wildman–Crippen LogP) is 5.38. The number of nitrogens with one attached hydrogen (secondary N) is 1. The Morgan fingerprint density at radius 2 is 1.91 bits per heavy atom. The number of nitrogens with zero attached hydrogens (tertiary/aromatic N) is 2. The summed E-state index contributed by atoms with van der Waals surface area (Å²) < 4.78 is 10.9. The van der Waals surface area contributed by atoms with Crippen molar-refractivity contribution in [1.82, 2.24) is 10.3 Å². The van der Waals surface area contributed by atoms with E-state index in [0.717, 1.165) is 35.4 Å². The Morgan fingerprint density at radius 3 is 2.69 bits per heavy atom. The summed E-state index contributed by atoms with van der Waals surface area (Å²) in [6, 6.07) is 20.2. The highest BCUT2D eigenvalue weighted by Gasteiger charge is 2.32. The van der Waals surface area contributed by atoms with Crippen molar-refractivity contribution in [3.63, 3.8) is 0 Å². The standard InChI is InChI=1S/C29H29N3O3/c1-18-17-35-28(15-30)26-7-6-21(14-27(18)26)29(33)32-16-24-12-20(8-9-31-24)23-10-22(11-23)19-4-3-5-25(13-19)34-2/h3-9,12-14,18,22-23,28H,10-11,16-17H2,1-2H3,(H,32,33). The van der Waals surface area contributed by atoms with Gasteiger partial charge < -0.3 is 14.8 Å². The molecule has 1 N–H and O–H groups in total. The number of carbonyl (C=O) groups excluding carboxylic acids is 1. The molecule has 1 aliphatic carbocycles. The van der Waals surface area contributed by atoms with Gasteiger partial charge in [-0.25, -0.2) is 0 Å². The lowest BCUT2D eigenvalue weighted by molar-refractivity contribution is 0.0660. The summed E-state index contributed by atoms with van der Waals surface area (Å²) in [5.74, 6) is 1.95. The zero-order chi connectivity index (χ0) is 24.4. The van der Waals surface area contributed by atoms with Crippen LogP contribution in [0.2, 0.25) is 0 Å². The fourth-order valence-corrected chi connectivity index (χ4v) is 5.09. The maximum absolute atomic E-state index is 12.9. The molecule has 1 saturated carbocycles. The minimum absolute atomic E-state index is 0.143. The van der Waals surface area contributed by atoms with Crippen LogP contribution in [0.5, 0.6) is 5.75 Å².